The standard InChI is InChI=1S/C15H23NO5/c1-5-9-20-13(18)11-10-16(8-6-7-12(11)17)14(19)21-15(2,3)4/h5,11H,1,6-10H2,2-4H3. The van der Waals surface area contributed by atoms with Crippen LogP contribution in [0.15, 0.2) is 12.7 Å². The van der Waals surface area contributed by atoms with Crippen molar-refractivity contribution in [2.45, 2.75) is 39.2 Å². The van der Waals surface area contributed by atoms with Crippen LogP contribution in [0.3, 0.4) is 0 Å². The van der Waals surface area contributed by atoms with Crippen LogP contribution in [0, 0.1) is 5.92 Å². The molecule has 1 aliphatic rings. The van der Waals surface area contributed by atoms with Crippen LogP contribution < -0.4 is 0 Å². The van der Waals surface area contributed by atoms with Crippen LogP contribution in [0.25, 0.3) is 0 Å². The Labute approximate surface area is 125 Å². The minimum absolute atomic E-state index is 0.00369. The number of ether oxygens (including phenoxy) is 2. The second kappa shape index (κ2) is 7.24. The third-order valence-electron chi connectivity index (χ3n) is 2.92. The maximum atomic E-state index is 12.1. The second-order valence-electron chi connectivity index (χ2n) is 5.97. The summed E-state index contributed by atoms with van der Waals surface area (Å²) in [5.74, 6) is -1.76. The highest BCUT2D eigenvalue weighted by Gasteiger charge is 2.35. The maximum absolute atomic E-state index is 12.1. The van der Waals surface area contributed by atoms with Gasteiger partial charge in [0.15, 0.2) is 0 Å². The summed E-state index contributed by atoms with van der Waals surface area (Å²) in [5, 5.41) is 0. The minimum Gasteiger partial charge on any atom is -0.461 e. The molecule has 1 saturated heterocycles. The number of hydrogen-bond donors (Lipinski definition) is 0. The van der Waals surface area contributed by atoms with Crippen molar-refractivity contribution in [3.8, 4) is 0 Å². The molecule has 118 valence electrons. The third kappa shape index (κ3) is 5.57. The Bertz CT molecular complexity index is 424. The van der Waals surface area contributed by atoms with Gasteiger partial charge in [0, 0.05) is 19.5 Å². The number of hydrogen-bond acceptors (Lipinski definition) is 5. The van der Waals surface area contributed by atoms with E-state index in [0.29, 0.717) is 13.0 Å². The van der Waals surface area contributed by atoms with Crippen molar-refractivity contribution in [2.24, 2.45) is 5.92 Å². The van der Waals surface area contributed by atoms with Crippen LogP contribution >= 0.6 is 0 Å². The summed E-state index contributed by atoms with van der Waals surface area (Å²) in [5.41, 5.74) is -0.619. The number of esters is 1. The predicted octanol–water partition coefficient (Wildman–Crippen LogP) is 1.93. The third-order valence-corrected chi connectivity index (χ3v) is 2.92. The first-order chi connectivity index (χ1) is 9.74. The number of amides is 1. The van der Waals surface area contributed by atoms with Crippen molar-refractivity contribution in [1.82, 2.24) is 4.90 Å². The van der Waals surface area contributed by atoms with E-state index in [9.17, 15) is 14.4 Å². The zero-order valence-electron chi connectivity index (χ0n) is 12.9. The van der Waals surface area contributed by atoms with Crippen molar-refractivity contribution >= 4 is 17.8 Å². The van der Waals surface area contributed by atoms with E-state index in [-0.39, 0.29) is 25.4 Å². The first kappa shape index (κ1) is 17.2. The molecule has 0 N–H and O–H groups in total. The number of nitrogens with zero attached hydrogens (tertiary/aromatic N) is 1. The van der Waals surface area contributed by atoms with Crippen molar-refractivity contribution < 1.29 is 23.9 Å². The van der Waals surface area contributed by atoms with E-state index in [0.717, 1.165) is 0 Å². The molecule has 0 aliphatic carbocycles. The second-order valence-corrected chi connectivity index (χ2v) is 5.97. The van der Waals surface area contributed by atoms with E-state index >= 15 is 0 Å². The Morgan fingerprint density at radius 1 is 1.43 bits per heavy atom. The van der Waals surface area contributed by atoms with E-state index in [1.54, 1.807) is 20.8 Å². The van der Waals surface area contributed by atoms with Gasteiger partial charge in [0.1, 0.15) is 23.9 Å². The van der Waals surface area contributed by atoms with Gasteiger partial charge in [0.25, 0.3) is 0 Å². The molecule has 0 radical (unpaired) electrons. The zero-order chi connectivity index (χ0) is 16.0. The summed E-state index contributed by atoms with van der Waals surface area (Å²) >= 11 is 0. The molecule has 1 heterocycles. The molecule has 6 heteroatoms. The van der Waals surface area contributed by atoms with E-state index in [4.69, 9.17) is 9.47 Å². The lowest BCUT2D eigenvalue weighted by Gasteiger charge is -2.27. The van der Waals surface area contributed by atoms with E-state index in [1.165, 1.54) is 11.0 Å². The van der Waals surface area contributed by atoms with Gasteiger partial charge in [-0.15, -0.1) is 0 Å². The van der Waals surface area contributed by atoms with Gasteiger partial charge in [-0.25, -0.2) is 4.79 Å². The lowest BCUT2D eigenvalue weighted by molar-refractivity contribution is -0.151. The van der Waals surface area contributed by atoms with Crippen LogP contribution in [0.4, 0.5) is 4.79 Å². The Balaban J connectivity index is 2.75. The molecule has 0 spiro atoms. The lowest BCUT2D eigenvalue weighted by Crippen LogP contribution is -2.42. The number of rotatable bonds is 3. The Morgan fingerprint density at radius 3 is 2.67 bits per heavy atom. The maximum Gasteiger partial charge on any atom is 0.410 e. The van der Waals surface area contributed by atoms with Crippen molar-refractivity contribution in [1.29, 1.82) is 0 Å². The quantitative estimate of drug-likeness (QED) is 0.452. The first-order valence-corrected chi connectivity index (χ1v) is 7.03. The highest BCUT2D eigenvalue weighted by molar-refractivity contribution is 5.99. The van der Waals surface area contributed by atoms with E-state index in [1.807, 2.05) is 0 Å². The fourth-order valence-corrected chi connectivity index (χ4v) is 1.97. The molecule has 0 saturated carbocycles. The first-order valence-electron chi connectivity index (χ1n) is 7.03. The number of carbonyl (C=O) groups is 3. The SMILES string of the molecule is C=CCOC(=O)C1CN(C(=O)OC(C)(C)C)CCCC1=O. The number of ketones is 1. The number of carbonyl (C=O) groups excluding carboxylic acids is 3. The van der Waals surface area contributed by atoms with Gasteiger partial charge in [-0.2, -0.15) is 0 Å². The zero-order valence-corrected chi connectivity index (χ0v) is 12.9. The smallest absolute Gasteiger partial charge is 0.410 e. The molecule has 1 atom stereocenters. The summed E-state index contributed by atoms with van der Waals surface area (Å²) in [6.45, 7) is 9.20. The van der Waals surface area contributed by atoms with E-state index in [2.05, 4.69) is 6.58 Å². The van der Waals surface area contributed by atoms with Crippen molar-refractivity contribution in [3.05, 3.63) is 12.7 Å². The average Bonchev–Trinajstić information content (AvgIpc) is 2.56. The van der Waals surface area contributed by atoms with Crippen LogP contribution in [-0.2, 0) is 19.1 Å². The molecule has 0 bridgehead atoms. The summed E-state index contributed by atoms with van der Waals surface area (Å²) < 4.78 is 10.2. The molecular formula is C15H23NO5. The number of Topliss-reactive ketones (excluding diaryl/α,β-unsaturated/α-hetero) is 1. The normalized spacial score (nSPS) is 19.7. The summed E-state index contributed by atoms with van der Waals surface area (Å²) in [6.07, 6.45) is 1.69. The van der Waals surface area contributed by atoms with Crippen LogP contribution in [-0.4, -0.2) is 48.0 Å². The molecule has 0 aromatic rings. The molecule has 1 unspecified atom stereocenters. The highest BCUT2D eigenvalue weighted by Crippen LogP contribution is 2.18. The summed E-state index contributed by atoms with van der Waals surface area (Å²) in [4.78, 5) is 37.3. The molecule has 1 aliphatic heterocycles. The summed E-state index contributed by atoms with van der Waals surface area (Å²) in [6, 6.07) is 0. The molecule has 1 fully saturated rings. The molecule has 1 amide bonds. The van der Waals surface area contributed by atoms with Gasteiger partial charge < -0.3 is 14.4 Å². The summed E-state index contributed by atoms with van der Waals surface area (Å²) in [7, 11) is 0. The Hall–Kier alpha value is -1.85. The van der Waals surface area contributed by atoms with Gasteiger partial charge in [-0.3, -0.25) is 9.59 Å². The monoisotopic (exact) mass is 297 g/mol. The van der Waals surface area contributed by atoms with Crippen LogP contribution in [0.5, 0.6) is 0 Å². The average molecular weight is 297 g/mol. The lowest BCUT2D eigenvalue weighted by atomic mass is 10.0. The van der Waals surface area contributed by atoms with Gasteiger partial charge in [0.2, 0.25) is 0 Å². The highest BCUT2D eigenvalue weighted by atomic mass is 16.6. The molecule has 0 aromatic carbocycles. The molecular weight excluding hydrogens is 274 g/mol. The van der Waals surface area contributed by atoms with Crippen LogP contribution in [0.2, 0.25) is 0 Å². The molecule has 0 aromatic heterocycles. The van der Waals surface area contributed by atoms with Gasteiger partial charge >= 0.3 is 12.1 Å². The fraction of sp³-hybridized carbons (Fsp3) is 0.667. The molecule has 1 rings (SSSR count). The van der Waals surface area contributed by atoms with Crippen molar-refractivity contribution in [2.75, 3.05) is 19.7 Å². The Morgan fingerprint density at radius 2 is 2.10 bits per heavy atom. The predicted molar refractivity (Wildman–Crippen MR) is 76.7 cm³/mol. The minimum atomic E-state index is -0.944. The van der Waals surface area contributed by atoms with Gasteiger partial charge in [-0.05, 0) is 27.2 Å². The molecule has 21 heavy (non-hydrogen) atoms. The fourth-order valence-electron chi connectivity index (χ4n) is 1.97. The van der Waals surface area contributed by atoms with Crippen LogP contribution in [0.1, 0.15) is 33.6 Å². The van der Waals surface area contributed by atoms with Gasteiger partial charge in [-0.1, -0.05) is 12.7 Å². The van der Waals surface area contributed by atoms with Crippen molar-refractivity contribution in [3.63, 3.8) is 0 Å². The largest absolute Gasteiger partial charge is 0.461 e. The topological polar surface area (TPSA) is 72.9 Å². The number of likely N-dealkylation sites (tertiary alicyclic amines) is 1. The van der Waals surface area contributed by atoms with Gasteiger partial charge in [0.05, 0.1) is 0 Å². The molecule has 6 nitrogen and oxygen atoms in total. The van der Waals surface area contributed by atoms with E-state index < -0.39 is 23.6 Å². The Kier molecular flexibility index (Phi) is 5.93.